The summed E-state index contributed by atoms with van der Waals surface area (Å²) in [7, 11) is 0. The highest BCUT2D eigenvalue weighted by molar-refractivity contribution is 6.31. The SMILES string of the molecule is O=C(NC[C@@H](c1ccccc1Cl)N1CCCC1)[C@H]1CCCN(C(=O)Nc2ccccc2)C1. The molecule has 0 radical (unpaired) electrons. The van der Waals surface area contributed by atoms with E-state index in [1.165, 1.54) is 12.8 Å². The first-order valence-electron chi connectivity index (χ1n) is 11.5. The molecule has 0 unspecified atom stereocenters. The average Bonchev–Trinajstić information content (AvgIpc) is 3.35. The van der Waals surface area contributed by atoms with Crippen molar-refractivity contribution in [3.05, 3.63) is 65.2 Å². The summed E-state index contributed by atoms with van der Waals surface area (Å²) in [6.07, 6.45) is 3.95. The third-order valence-corrected chi connectivity index (χ3v) is 6.76. The van der Waals surface area contributed by atoms with Gasteiger partial charge in [0.2, 0.25) is 5.91 Å². The van der Waals surface area contributed by atoms with Gasteiger partial charge in [-0.15, -0.1) is 0 Å². The Balaban J connectivity index is 1.35. The smallest absolute Gasteiger partial charge is 0.321 e. The molecule has 2 aromatic rings. The van der Waals surface area contributed by atoms with Crippen LogP contribution >= 0.6 is 11.6 Å². The van der Waals surface area contributed by atoms with Gasteiger partial charge in [-0.25, -0.2) is 4.79 Å². The van der Waals surface area contributed by atoms with Crippen molar-refractivity contribution in [1.82, 2.24) is 15.1 Å². The van der Waals surface area contributed by atoms with Crippen molar-refractivity contribution in [3.63, 3.8) is 0 Å². The number of likely N-dealkylation sites (tertiary alicyclic amines) is 2. The van der Waals surface area contributed by atoms with Crippen molar-refractivity contribution in [2.45, 2.75) is 31.7 Å². The van der Waals surface area contributed by atoms with E-state index in [4.69, 9.17) is 11.6 Å². The topological polar surface area (TPSA) is 64.7 Å². The van der Waals surface area contributed by atoms with Crippen LogP contribution in [-0.2, 0) is 4.79 Å². The minimum atomic E-state index is -0.198. The first-order valence-corrected chi connectivity index (χ1v) is 11.9. The predicted molar refractivity (Wildman–Crippen MR) is 128 cm³/mol. The number of rotatable bonds is 6. The monoisotopic (exact) mass is 454 g/mol. The molecule has 2 saturated heterocycles. The second kappa shape index (κ2) is 10.8. The summed E-state index contributed by atoms with van der Waals surface area (Å²) in [6.45, 7) is 3.66. The summed E-state index contributed by atoms with van der Waals surface area (Å²) in [6, 6.07) is 17.2. The van der Waals surface area contributed by atoms with Crippen LogP contribution in [0.5, 0.6) is 0 Å². The number of amides is 3. The molecule has 0 spiro atoms. The molecule has 0 saturated carbocycles. The summed E-state index contributed by atoms with van der Waals surface area (Å²) >= 11 is 6.49. The number of carbonyl (C=O) groups excluding carboxylic acids is 2. The zero-order valence-corrected chi connectivity index (χ0v) is 19.1. The molecule has 2 heterocycles. The van der Waals surface area contributed by atoms with E-state index in [9.17, 15) is 9.59 Å². The highest BCUT2D eigenvalue weighted by Crippen LogP contribution is 2.30. The molecule has 4 rings (SSSR count). The lowest BCUT2D eigenvalue weighted by Crippen LogP contribution is -2.48. The van der Waals surface area contributed by atoms with Crippen molar-refractivity contribution in [3.8, 4) is 0 Å². The molecule has 0 aromatic heterocycles. The molecular weight excluding hydrogens is 424 g/mol. The molecule has 32 heavy (non-hydrogen) atoms. The lowest BCUT2D eigenvalue weighted by molar-refractivity contribution is -0.126. The second-order valence-corrected chi connectivity index (χ2v) is 9.01. The van der Waals surface area contributed by atoms with E-state index in [-0.39, 0.29) is 23.9 Å². The van der Waals surface area contributed by atoms with Crippen LogP contribution < -0.4 is 10.6 Å². The molecule has 2 aromatic carbocycles. The molecule has 3 amide bonds. The van der Waals surface area contributed by atoms with E-state index >= 15 is 0 Å². The normalized spacial score (nSPS) is 20.0. The number of carbonyl (C=O) groups is 2. The van der Waals surface area contributed by atoms with Crippen molar-refractivity contribution in [2.75, 3.05) is 38.0 Å². The molecule has 2 atom stereocenters. The van der Waals surface area contributed by atoms with Gasteiger partial charge in [0, 0.05) is 30.3 Å². The first kappa shape index (κ1) is 22.6. The molecule has 0 bridgehead atoms. The van der Waals surface area contributed by atoms with Gasteiger partial charge >= 0.3 is 6.03 Å². The molecule has 2 N–H and O–H groups in total. The van der Waals surface area contributed by atoms with Crippen molar-refractivity contribution in [2.24, 2.45) is 5.92 Å². The number of anilines is 1. The quantitative estimate of drug-likeness (QED) is 0.673. The number of para-hydroxylation sites is 1. The fourth-order valence-electron chi connectivity index (χ4n) is 4.68. The summed E-state index contributed by atoms with van der Waals surface area (Å²) in [5.74, 6) is -0.186. The van der Waals surface area contributed by atoms with Crippen molar-refractivity contribution >= 4 is 29.2 Å². The number of nitrogens with zero attached hydrogens (tertiary/aromatic N) is 2. The molecule has 7 heteroatoms. The highest BCUT2D eigenvalue weighted by atomic mass is 35.5. The van der Waals surface area contributed by atoms with Crippen LogP contribution in [0.3, 0.4) is 0 Å². The zero-order valence-electron chi connectivity index (χ0n) is 18.3. The molecular formula is C25H31ClN4O2. The molecule has 170 valence electrons. The maximum atomic E-state index is 13.0. The maximum Gasteiger partial charge on any atom is 0.321 e. The third kappa shape index (κ3) is 5.61. The Morgan fingerprint density at radius 1 is 0.969 bits per heavy atom. The molecule has 2 aliphatic rings. The molecule has 2 aliphatic heterocycles. The van der Waals surface area contributed by atoms with Crippen LogP contribution in [0.4, 0.5) is 10.5 Å². The van der Waals surface area contributed by atoms with Gasteiger partial charge in [0.05, 0.1) is 12.0 Å². The Hall–Kier alpha value is -2.57. The fourth-order valence-corrected chi connectivity index (χ4v) is 4.94. The van der Waals surface area contributed by atoms with E-state index in [0.717, 1.165) is 42.2 Å². The summed E-state index contributed by atoms with van der Waals surface area (Å²) < 4.78 is 0. The number of halogens is 1. The fraction of sp³-hybridized carbons (Fsp3) is 0.440. The minimum absolute atomic E-state index is 0.0125. The Kier molecular flexibility index (Phi) is 7.66. The van der Waals surface area contributed by atoms with Crippen LogP contribution in [-0.4, -0.2) is 54.5 Å². The van der Waals surface area contributed by atoms with Gasteiger partial charge in [0.1, 0.15) is 0 Å². The average molecular weight is 455 g/mol. The van der Waals surface area contributed by atoms with Gasteiger partial charge in [-0.05, 0) is 62.5 Å². The minimum Gasteiger partial charge on any atom is -0.354 e. The van der Waals surface area contributed by atoms with Gasteiger partial charge in [-0.1, -0.05) is 48.0 Å². The largest absolute Gasteiger partial charge is 0.354 e. The number of hydrogen-bond donors (Lipinski definition) is 2. The molecule has 6 nitrogen and oxygen atoms in total. The van der Waals surface area contributed by atoms with E-state index in [1.54, 1.807) is 4.90 Å². The van der Waals surface area contributed by atoms with Crippen molar-refractivity contribution in [1.29, 1.82) is 0 Å². The summed E-state index contributed by atoms with van der Waals surface area (Å²) in [4.78, 5) is 29.8. The predicted octanol–water partition coefficient (Wildman–Crippen LogP) is 4.54. The number of urea groups is 1. The maximum absolute atomic E-state index is 13.0. The van der Waals surface area contributed by atoms with E-state index in [2.05, 4.69) is 15.5 Å². The van der Waals surface area contributed by atoms with Crippen LogP contribution in [0.1, 0.15) is 37.3 Å². The Labute approximate surface area is 194 Å². The van der Waals surface area contributed by atoms with E-state index < -0.39 is 0 Å². The number of piperidine rings is 1. The summed E-state index contributed by atoms with van der Waals surface area (Å²) in [5.41, 5.74) is 1.82. The highest BCUT2D eigenvalue weighted by Gasteiger charge is 2.30. The molecule has 2 fully saturated rings. The van der Waals surface area contributed by atoms with E-state index in [1.807, 2.05) is 54.6 Å². The van der Waals surface area contributed by atoms with Crippen LogP contribution in [0.2, 0.25) is 5.02 Å². The van der Waals surface area contributed by atoms with Gasteiger partial charge in [0.25, 0.3) is 0 Å². The number of hydrogen-bond acceptors (Lipinski definition) is 3. The Bertz CT molecular complexity index is 917. The van der Waals surface area contributed by atoms with Crippen LogP contribution in [0.15, 0.2) is 54.6 Å². The van der Waals surface area contributed by atoms with Crippen molar-refractivity contribution < 1.29 is 9.59 Å². The second-order valence-electron chi connectivity index (χ2n) is 8.61. The van der Waals surface area contributed by atoms with E-state index in [0.29, 0.717) is 19.6 Å². The van der Waals surface area contributed by atoms with Crippen LogP contribution in [0.25, 0.3) is 0 Å². The van der Waals surface area contributed by atoms with Gasteiger partial charge in [0.15, 0.2) is 0 Å². The third-order valence-electron chi connectivity index (χ3n) is 6.42. The van der Waals surface area contributed by atoms with Gasteiger partial charge in [-0.2, -0.15) is 0 Å². The Morgan fingerprint density at radius 3 is 2.44 bits per heavy atom. The van der Waals surface area contributed by atoms with Crippen LogP contribution in [0, 0.1) is 5.92 Å². The lowest BCUT2D eigenvalue weighted by atomic mass is 9.97. The standard InChI is InChI=1S/C25H31ClN4O2/c26-22-13-5-4-12-21(22)23(29-14-6-7-15-29)17-27-24(31)19-9-8-16-30(18-19)25(32)28-20-10-2-1-3-11-20/h1-5,10-13,19,23H,6-9,14-18H2,(H,27,31)(H,28,32)/t19-,23-/m0/s1. The number of nitrogens with one attached hydrogen (secondary N) is 2. The number of benzene rings is 2. The van der Waals surface area contributed by atoms with Gasteiger partial charge in [-0.3, -0.25) is 9.69 Å². The lowest BCUT2D eigenvalue weighted by Gasteiger charge is -2.33. The summed E-state index contributed by atoms with van der Waals surface area (Å²) in [5, 5.41) is 6.82. The van der Waals surface area contributed by atoms with Gasteiger partial charge < -0.3 is 15.5 Å². The first-order chi connectivity index (χ1) is 15.6. The zero-order chi connectivity index (χ0) is 22.3. The Morgan fingerprint density at radius 2 is 1.69 bits per heavy atom. The molecule has 0 aliphatic carbocycles.